The van der Waals surface area contributed by atoms with Crippen molar-refractivity contribution in [2.24, 2.45) is 0 Å². The van der Waals surface area contributed by atoms with E-state index < -0.39 is 10.0 Å². The van der Waals surface area contributed by atoms with Crippen molar-refractivity contribution in [3.8, 4) is 0 Å². The lowest BCUT2D eigenvalue weighted by atomic mass is 10.2. The number of rotatable bonds is 7. The van der Waals surface area contributed by atoms with E-state index in [1.165, 1.54) is 20.2 Å². The number of anilines is 1. The molecule has 0 saturated carbocycles. The van der Waals surface area contributed by atoms with Gasteiger partial charge < -0.3 is 10.6 Å². The average molecular weight is 461 g/mol. The smallest absolute Gasteiger partial charge is 0.242 e. The van der Waals surface area contributed by atoms with Crippen molar-refractivity contribution >= 4 is 49.1 Å². The molecule has 6 nitrogen and oxygen atoms in total. The Bertz CT molecular complexity index is 904. The fourth-order valence-electron chi connectivity index (χ4n) is 2.16. The van der Waals surface area contributed by atoms with Crippen LogP contribution < -0.4 is 10.6 Å². The van der Waals surface area contributed by atoms with Crippen LogP contribution in [-0.4, -0.2) is 39.3 Å². The minimum Gasteiger partial charge on any atom is -0.375 e. The van der Waals surface area contributed by atoms with Crippen LogP contribution in [0, 0.1) is 0 Å². The van der Waals surface area contributed by atoms with Gasteiger partial charge in [0, 0.05) is 25.1 Å². The fourth-order valence-corrected chi connectivity index (χ4v) is 4.02. The summed E-state index contributed by atoms with van der Waals surface area (Å²) in [5.74, 6) is -0.277. The van der Waals surface area contributed by atoms with Gasteiger partial charge in [0.25, 0.3) is 0 Å². The van der Waals surface area contributed by atoms with Crippen LogP contribution in [0.2, 0.25) is 5.02 Å². The van der Waals surface area contributed by atoms with E-state index in [0.717, 1.165) is 8.78 Å². The van der Waals surface area contributed by atoms with Crippen LogP contribution in [0.5, 0.6) is 0 Å². The van der Waals surface area contributed by atoms with Crippen molar-refractivity contribution in [1.29, 1.82) is 0 Å². The second kappa shape index (κ2) is 8.85. The minimum atomic E-state index is -3.58. The highest BCUT2D eigenvalue weighted by Crippen LogP contribution is 2.25. The standard InChI is InChI=1S/C17H19BrClN3O3S/c1-22(2)26(24,25)16-6-4-3-5-12(16)10-21-17(23)11-20-15-8-7-13(18)9-14(15)19/h3-9,20H,10-11H2,1-2H3,(H,21,23). The van der Waals surface area contributed by atoms with Crippen LogP contribution in [0.4, 0.5) is 5.69 Å². The Balaban J connectivity index is 2.00. The Kier molecular flexibility index (Phi) is 7.05. The number of sulfonamides is 1. The SMILES string of the molecule is CN(C)S(=O)(=O)c1ccccc1CNC(=O)CNc1ccc(Br)cc1Cl. The molecule has 1 amide bonds. The molecule has 2 N–H and O–H groups in total. The second-order valence-corrected chi connectivity index (χ2v) is 9.09. The molecule has 0 aromatic heterocycles. The highest BCUT2D eigenvalue weighted by atomic mass is 79.9. The summed E-state index contributed by atoms with van der Waals surface area (Å²) in [4.78, 5) is 12.3. The molecular formula is C17H19BrClN3O3S. The van der Waals surface area contributed by atoms with Crippen LogP contribution in [0.15, 0.2) is 51.8 Å². The number of carbonyl (C=O) groups is 1. The predicted molar refractivity (Wildman–Crippen MR) is 107 cm³/mol. The maximum atomic E-state index is 12.4. The molecule has 0 bridgehead atoms. The molecule has 0 unspecified atom stereocenters. The van der Waals surface area contributed by atoms with Gasteiger partial charge in [-0.15, -0.1) is 0 Å². The molecule has 0 spiro atoms. The van der Waals surface area contributed by atoms with Crippen LogP contribution in [-0.2, 0) is 21.4 Å². The molecule has 0 radical (unpaired) electrons. The van der Waals surface area contributed by atoms with Gasteiger partial charge in [-0.25, -0.2) is 12.7 Å². The maximum absolute atomic E-state index is 12.4. The second-order valence-electron chi connectivity index (χ2n) is 5.65. The zero-order valence-corrected chi connectivity index (χ0v) is 17.5. The van der Waals surface area contributed by atoms with Crippen LogP contribution >= 0.6 is 27.5 Å². The normalized spacial score (nSPS) is 11.4. The zero-order chi connectivity index (χ0) is 19.3. The van der Waals surface area contributed by atoms with Crippen molar-refractivity contribution < 1.29 is 13.2 Å². The lowest BCUT2D eigenvalue weighted by molar-refractivity contribution is -0.119. The number of nitrogens with one attached hydrogen (secondary N) is 2. The Hall–Kier alpha value is -1.61. The number of hydrogen-bond acceptors (Lipinski definition) is 4. The Morgan fingerprint density at radius 2 is 1.88 bits per heavy atom. The lowest BCUT2D eigenvalue weighted by Crippen LogP contribution is -2.30. The van der Waals surface area contributed by atoms with Crippen LogP contribution in [0.3, 0.4) is 0 Å². The highest BCUT2D eigenvalue weighted by Gasteiger charge is 2.20. The summed E-state index contributed by atoms with van der Waals surface area (Å²) in [5, 5.41) is 6.16. The van der Waals surface area contributed by atoms with Crippen molar-refractivity contribution in [1.82, 2.24) is 9.62 Å². The summed E-state index contributed by atoms with van der Waals surface area (Å²) >= 11 is 9.41. The molecule has 0 aliphatic rings. The van der Waals surface area contributed by atoms with Gasteiger partial charge in [-0.2, -0.15) is 0 Å². The minimum absolute atomic E-state index is 0.0178. The molecule has 2 aromatic carbocycles. The predicted octanol–water partition coefficient (Wildman–Crippen LogP) is 3.08. The Morgan fingerprint density at radius 1 is 1.19 bits per heavy atom. The first-order valence-electron chi connectivity index (χ1n) is 7.68. The van der Waals surface area contributed by atoms with Crippen molar-refractivity contribution in [2.45, 2.75) is 11.4 Å². The molecule has 0 heterocycles. The lowest BCUT2D eigenvalue weighted by Gasteiger charge is -2.15. The molecule has 0 saturated heterocycles. The third kappa shape index (κ3) is 5.20. The highest BCUT2D eigenvalue weighted by molar-refractivity contribution is 9.10. The topological polar surface area (TPSA) is 78.5 Å². The van der Waals surface area contributed by atoms with E-state index in [-0.39, 0.29) is 23.9 Å². The van der Waals surface area contributed by atoms with E-state index >= 15 is 0 Å². The van der Waals surface area contributed by atoms with Crippen molar-refractivity contribution in [2.75, 3.05) is 26.0 Å². The van der Waals surface area contributed by atoms with Gasteiger partial charge in [-0.1, -0.05) is 45.7 Å². The number of halogens is 2. The summed E-state index contributed by atoms with van der Waals surface area (Å²) in [6.07, 6.45) is 0. The number of amides is 1. The van der Waals surface area contributed by atoms with E-state index in [0.29, 0.717) is 16.3 Å². The molecule has 0 fully saturated rings. The van der Waals surface area contributed by atoms with Crippen molar-refractivity contribution in [3.05, 3.63) is 57.5 Å². The van der Waals surface area contributed by atoms with Gasteiger partial charge >= 0.3 is 0 Å². The summed E-state index contributed by atoms with van der Waals surface area (Å²) in [6.45, 7) is 0.127. The molecule has 0 aliphatic carbocycles. The molecule has 26 heavy (non-hydrogen) atoms. The molecule has 9 heteroatoms. The number of hydrogen-bond donors (Lipinski definition) is 2. The van der Waals surface area contributed by atoms with E-state index in [4.69, 9.17) is 11.6 Å². The number of nitrogens with zero attached hydrogens (tertiary/aromatic N) is 1. The van der Waals surface area contributed by atoms with Gasteiger partial charge in [0.15, 0.2) is 0 Å². The summed E-state index contributed by atoms with van der Waals surface area (Å²) in [5.41, 5.74) is 1.16. The summed E-state index contributed by atoms with van der Waals surface area (Å²) < 4.78 is 26.7. The Morgan fingerprint density at radius 3 is 2.54 bits per heavy atom. The molecular weight excluding hydrogens is 442 g/mol. The van der Waals surface area contributed by atoms with Gasteiger partial charge in [-0.3, -0.25) is 4.79 Å². The zero-order valence-electron chi connectivity index (χ0n) is 14.3. The fraction of sp³-hybridized carbons (Fsp3) is 0.235. The number of benzene rings is 2. The first-order valence-corrected chi connectivity index (χ1v) is 10.3. The third-order valence-corrected chi connectivity index (χ3v) is 6.30. The van der Waals surface area contributed by atoms with E-state index in [1.807, 2.05) is 6.07 Å². The number of carbonyl (C=O) groups excluding carboxylic acids is 1. The molecule has 2 rings (SSSR count). The monoisotopic (exact) mass is 459 g/mol. The van der Waals surface area contributed by atoms with E-state index in [9.17, 15) is 13.2 Å². The quantitative estimate of drug-likeness (QED) is 0.665. The van der Waals surface area contributed by atoms with Gasteiger partial charge in [-0.05, 0) is 29.8 Å². The molecule has 0 atom stereocenters. The third-order valence-electron chi connectivity index (χ3n) is 3.58. The average Bonchev–Trinajstić information content (AvgIpc) is 2.59. The summed E-state index contributed by atoms with van der Waals surface area (Å²) in [7, 11) is -0.638. The van der Waals surface area contributed by atoms with Crippen molar-refractivity contribution in [3.63, 3.8) is 0 Å². The van der Waals surface area contributed by atoms with Gasteiger partial charge in [0.2, 0.25) is 15.9 Å². The molecule has 140 valence electrons. The van der Waals surface area contributed by atoms with Crippen LogP contribution in [0.25, 0.3) is 0 Å². The van der Waals surface area contributed by atoms with E-state index in [2.05, 4.69) is 26.6 Å². The maximum Gasteiger partial charge on any atom is 0.242 e. The van der Waals surface area contributed by atoms with Crippen LogP contribution in [0.1, 0.15) is 5.56 Å². The largest absolute Gasteiger partial charge is 0.375 e. The van der Waals surface area contributed by atoms with Gasteiger partial charge in [0.05, 0.1) is 22.2 Å². The molecule has 2 aromatic rings. The first kappa shape index (κ1) is 20.7. The summed E-state index contributed by atoms with van der Waals surface area (Å²) in [6, 6.07) is 11.9. The van der Waals surface area contributed by atoms with Gasteiger partial charge in [0.1, 0.15) is 0 Å². The first-order chi connectivity index (χ1) is 12.2. The Labute approximate surface area is 166 Å². The molecule has 0 aliphatic heterocycles. The van der Waals surface area contributed by atoms with E-state index in [1.54, 1.807) is 30.3 Å².